The van der Waals surface area contributed by atoms with Crippen LogP contribution in [0, 0.1) is 0 Å². The number of ether oxygens (including phenoxy) is 1. The third kappa shape index (κ3) is 3.09. The molecule has 0 spiro atoms. The molecule has 0 saturated heterocycles. The summed E-state index contributed by atoms with van der Waals surface area (Å²) in [5.41, 5.74) is 2.21. The van der Waals surface area contributed by atoms with Gasteiger partial charge in [0, 0.05) is 43.3 Å². The van der Waals surface area contributed by atoms with Crippen molar-refractivity contribution in [3.05, 3.63) is 24.0 Å². The molecule has 0 radical (unpaired) electrons. The molecule has 0 aliphatic heterocycles. The van der Waals surface area contributed by atoms with Crippen molar-refractivity contribution in [3.8, 4) is 0 Å². The van der Waals surface area contributed by atoms with Crippen molar-refractivity contribution >= 4 is 17.3 Å². The van der Waals surface area contributed by atoms with Crippen molar-refractivity contribution in [2.75, 3.05) is 25.2 Å². The lowest BCUT2D eigenvalue weighted by molar-refractivity contribution is 0.182. The van der Waals surface area contributed by atoms with E-state index in [0.717, 1.165) is 17.8 Å². The molecule has 0 aliphatic rings. The van der Waals surface area contributed by atoms with Gasteiger partial charge < -0.3 is 9.64 Å². The van der Waals surface area contributed by atoms with Gasteiger partial charge in [-0.3, -0.25) is 4.98 Å². The number of pyridine rings is 1. The van der Waals surface area contributed by atoms with Gasteiger partial charge in [0.25, 0.3) is 0 Å². The minimum Gasteiger partial charge on any atom is -0.383 e. The van der Waals surface area contributed by atoms with E-state index in [0.29, 0.717) is 18.5 Å². The summed E-state index contributed by atoms with van der Waals surface area (Å²) in [6.07, 6.45) is 3.62. The third-order valence-electron chi connectivity index (χ3n) is 2.61. The predicted molar refractivity (Wildman–Crippen MR) is 68.2 cm³/mol. The number of nitrogens with zero attached hydrogens (tertiary/aromatic N) is 2. The Kier molecular flexibility index (Phi) is 5.56. The van der Waals surface area contributed by atoms with Crippen LogP contribution in [0.1, 0.15) is 19.4 Å². The van der Waals surface area contributed by atoms with Gasteiger partial charge in [-0.1, -0.05) is 0 Å². The lowest BCUT2D eigenvalue weighted by atomic mass is 10.2. The summed E-state index contributed by atoms with van der Waals surface area (Å²) < 4.78 is 5.19. The largest absolute Gasteiger partial charge is 0.383 e. The van der Waals surface area contributed by atoms with Gasteiger partial charge in [0.15, 0.2) is 0 Å². The molecule has 1 heterocycles. The maximum absolute atomic E-state index is 5.92. The van der Waals surface area contributed by atoms with Gasteiger partial charge in [-0.2, -0.15) is 0 Å². The summed E-state index contributed by atoms with van der Waals surface area (Å²) in [7, 11) is 1.72. The van der Waals surface area contributed by atoms with E-state index in [4.69, 9.17) is 16.3 Å². The highest BCUT2D eigenvalue weighted by Crippen LogP contribution is 2.22. The fourth-order valence-electron chi connectivity index (χ4n) is 1.85. The second kappa shape index (κ2) is 6.71. The normalized spacial score (nSPS) is 12.5. The van der Waals surface area contributed by atoms with Crippen LogP contribution >= 0.6 is 11.6 Å². The van der Waals surface area contributed by atoms with Crippen LogP contribution in [-0.4, -0.2) is 31.3 Å². The monoisotopic (exact) mass is 242 g/mol. The lowest BCUT2D eigenvalue weighted by Crippen LogP contribution is -2.36. The molecule has 1 unspecified atom stereocenters. The van der Waals surface area contributed by atoms with E-state index in [1.165, 1.54) is 0 Å². The van der Waals surface area contributed by atoms with Crippen LogP contribution in [0.2, 0.25) is 0 Å². The quantitative estimate of drug-likeness (QED) is 0.718. The molecule has 0 aliphatic carbocycles. The molecule has 0 saturated carbocycles. The van der Waals surface area contributed by atoms with Gasteiger partial charge in [-0.15, -0.1) is 11.6 Å². The molecule has 90 valence electrons. The molecule has 0 fully saturated rings. The van der Waals surface area contributed by atoms with E-state index in [9.17, 15) is 0 Å². The van der Waals surface area contributed by atoms with Crippen LogP contribution in [0.15, 0.2) is 18.5 Å². The first-order chi connectivity index (χ1) is 7.74. The lowest BCUT2D eigenvalue weighted by Gasteiger charge is -2.31. The van der Waals surface area contributed by atoms with Crippen LogP contribution < -0.4 is 4.90 Å². The maximum Gasteiger partial charge on any atom is 0.0663 e. The number of anilines is 1. The highest BCUT2D eigenvalue weighted by atomic mass is 35.5. The molecule has 0 N–H and O–H groups in total. The minimum absolute atomic E-state index is 0.333. The highest BCUT2D eigenvalue weighted by molar-refractivity contribution is 6.17. The zero-order chi connectivity index (χ0) is 12.0. The number of halogens is 1. The van der Waals surface area contributed by atoms with E-state index in [2.05, 4.69) is 23.7 Å². The van der Waals surface area contributed by atoms with Gasteiger partial charge in [0.05, 0.1) is 12.5 Å². The Morgan fingerprint density at radius 3 is 2.88 bits per heavy atom. The van der Waals surface area contributed by atoms with Gasteiger partial charge in [0.1, 0.15) is 0 Å². The van der Waals surface area contributed by atoms with E-state index in [-0.39, 0.29) is 0 Å². The summed E-state index contributed by atoms with van der Waals surface area (Å²) in [5.74, 6) is 0.485. The first-order valence-corrected chi connectivity index (χ1v) is 6.02. The Morgan fingerprint density at radius 1 is 1.56 bits per heavy atom. The SMILES string of the molecule is CCN(c1ccncc1CCl)C(C)COC. The number of likely N-dealkylation sites (N-methyl/N-ethyl adjacent to an activating group) is 1. The van der Waals surface area contributed by atoms with Crippen molar-refractivity contribution in [2.24, 2.45) is 0 Å². The standard InChI is InChI=1S/C12H19ClN2O/c1-4-15(10(2)9-16-3)12-5-6-14-8-11(12)7-13/h5-6,8,10H,4,7,9H2,1-3H3. The van der Waals surface area contributed by atoms with Crippen LogP contribution in [0.3, 0.4) is 0 Å². The molecule has 0 amide bonds. The van der Waals surface area contributed by atoms with E-state index < -0.39 is 0 Å². The summed E-state index contributed by atoms with van der Waals surface area (Å²) in [4.78, 5) is 6.38. The molecule has 4 heteroatoms. The molecule has 1 aromatic rings. The number of hydrogen-bond donors (Lipinski definition) is 0. The number of aromatic nitrogens is 1. The smallest absolute Gasteiger partial charge is 0.0663 e. The van der Waals surface area contributed by atoms with Crippen molar-refractivity contribution in [1.29, 1.82) is 0 Å². The maximum atomic E-state index is 5.92. The van der Waals surface area contributed by atoms with E-state index >= 15 is 0 Å². The van der Waals surface area contributed by atoms with Crippen molar-refractivity contribution in [3.63, 3.8) is 0 Å². The van der Waals surface area contributed by atoms with Gasteiger partial charge in [-0.25, -0.2) is 0 Å². The second-order valence-corrected chi connectivity index (χ2v) is 4.00. The molecule has 0 aromatic carbocycles. The molecule has 0 bridgehead atoms. The Bertz CT molecular complexity index is 320. The number of hydrogen-bond acceptors (Lipinski definition) is 3. The van der Waals surface area contributed by atoms with Gasteiger partial charge >= 0.3 is 0 Å². The van der Waals surface area contributed by atoms with Crippen molar-refractivity contribution in [2.45, 2.75) is 25.8 Å². The topological polar surface area (TPSA) is 25.4 Å². The molecule has 1 atom stereocenters. The third-order valence-corrected chi connectivity index (χ3v) is 2.90. The van der Waals surface area contributed by atoms with Crippen LogP contribution in [0.25, 0.3) is 0 Å². The van der Waals surface area contributed by atoms with Crippen LogP contribution in [0.4, 0.5) is 5.69 Å². The average molecular weight is 243 g/mol. The Labute approximate surface area is 102 Å². The van der Waals surface area contributed by atoms with Crippen LogP contribution in [-0.2, 0) is 10.6 Å². The first kappa shape index (κ1) is 13.3. The number of rotatable bonds is 6. The van der Waals surface area contributed by atoms with E-state index in [1.807, 2.05) is 12.3 Å². The summed E-state index contributed by atoms with van der Waals surface area (Å²) in [6.45, 7) is 5.91. The zero-order valence-corrected chi connectivity index (χ0v) is 10.9. The molecule has 3 nitrogen and oxygen atoms in total. The fourth-order valence-corrected chi connectivity index (χ4v) is 2.06. The summed E-state index contributed by atoms with van der Waals surface area (Å²) >= 11 is 5.92. The Morgan fingerprint density at radius 2 is 2.31 bits per heavy atom. The molecule has 16 heavy (non-hydrogen) atoms. The molecular formula is C12H19ClN2O. The van der Waals surface area contributed by atoms with Gasteiger partial charge in [-0.05, 0) is 19.9 Å². The number of methoxy groups -OCH3 is 1. The van der Waals surface area contributed by atoms with E-state index in [1.54, 1.807) is 13.3 Å². The Hall–Kier alpha value is -0.800. The van der Waals surface area contributed by atoms with Gasteiger partial charge in [0.2, 0.25) is 0 Å². The molecule has 1 rings (SSSR count). The minimum atomic E-state index is 0.333. The first-order valence-electron chi connectivity index (χ1n) is 5.49. The summed E-state index contributed by atoms with van der Waals surface area (Å²) in [5, 5.41) is 0. The molecule has 1 aromatic heterocycles. The summed E-state index contributed by atoms with van der Waals surface area (Å²) in [6, 6.07) is 2.34. The zero-order valence-electron chi connectivity index (χ0n) is 10.1. The highest BCUT2D eigenvalue weighted by Gasteiger charge is 2.15. The number of alkyl halides is 1. The van der Waals surface area contributed by atoms with Crippen molar-refractivity contribution in [1.82, 2.24) is 4.98 Å². The fraction of sp³-hybridized carbons (Fsp3) is 0.583. The second-order valence-electron chi connectivity index (χ2n) is 3.73. The van der Waals surface area contributed by atoms with Crippen LogP contribution in [0.5, 0.6) is 0 Å². The Balaban J connectivity index is 2.93. The predicted octanol–water partition coefficient (Wildman–Crippen LogP) is 2.68. The molecular weight excluding hydrogens is 224 g/mol. The van der Waals surface area contributed by atoms with Crippen molar-refractivity contribution < 1.29 is 4.74 Å². The average Bonchev–Trinajstić information content (AvgIpc) is 2.31.